The largest absolute Gasteiger partial charge is 0.361 e. The average molecular weight is 149 g/mol. The lowest BCUT2D eigenvalue weighted by molar-refractivity contribution is 0.398. The number of hydrogen-bond donors (Lipinski definition) is 1. The number of imidazole rings is 1. The first-order valence-electron chi connectivity index (χ1n) is 3.28. The fourth-order valence-corrected chi connectivity index (χ4v) is 0.961. The van der Waals surface area contributed by atoms with Gasteiger partial charge < -0.3 is 9.51 Å². The average Bonchev–Trinajstić information content (AvgIpc) is 2.55. The van der Waals surface area contributed by atoms with Gasteiger partial charge in [-0.1, -0.05) is 5.16 Å². The smallest absolute Gasteiger partial charge is 0.142 e. The van der Waals surface area contributed by atoms with Gasteiger partial charge in [0.1, 0.15) is 5.76 Å². The molecule has 2 heterocycles. The highest BCUT2D eigenvalue weighted by molar-refractivity contribution is 5.58. The summed E-state index contributed by atoms with van der Waals surface area (Å²) in [6.45, 7) is 1.86. The minimum atomic E-state index is 0.800. The fraction of sp³-hybridized carbons (Fsp3) is 0.143. The topological polar surface area (TPSA) is 54.7 Å². The Balaban J connectivity index is 2.53. The van der Waals surface area contributed by atoms with Gasteiger partial charge >= 0.3 is 0 Å². The van der Waals surface area contributed by atoms with E-state index in [1.54, 1.807) is 18.7 Å². The Labute approximate surface area is 63.2 Å². The molecule has 1 N–H and O–H groups in total. The van der Waals surface area contributed by atoms with Crippen LogP contribution in [0.3, 0.4) is 0 Å². The van der Waals surface area contributed by atoms with Crippen molar-refractivity contribution in [2.45, 2.75) is 6.92 Å². The Bertz CT molecular complexity index is 336. The van der Waals surface area contributed by atoms with Crippen LogP contribution in [-0.2, 0) is 0 Å². The van der Waals surface area contributed by atoms with Gasteiger partial charge in [-0.05, 0) is 6.92 Å². The van der Waals surface area contributed by atoms with Crippen molar-refractivity contribution in [2.24, 2.45) is 0 Å². The third-order valence-electron chi connectivity index (χ3n) is 1.54. The van der Waals surface area contributed by atoms with Crippen molar-refractivity contribution in [2.75, 3.05) is 0 Å². The lowest BCUT2D eigenvalue weighted by Crippen LogP contribution is -1.74. The van der Waals surface area contributed by atoms with Crippen LogP contribution in [-0.4, -0.2) is 15.1 Å². The summed E-state index contributed by atoms with van der Waals surface area (Å²) in [5.41, 5.74) is 1.89. The molecule has 0 saturated carbocycles. The van der Waals surface area contributed by atoms with Gasteiger partial charge in [0.25, 0.3) is 0 Å². The SMILES string of the molecule is Cc1oncc1-c1cnc[nH]1. The zero-order chi connectivity index (χ0) is 7.68. The van der Waals surface area contributed by atoms with Crippen LogP contribution in [0.1, 0.15) is 5.76 Å². The van der Waals surface area contributed by atoms with Crippen molar-refractivity contribution in [3.63, 3.8) is 0 Å². The lowest BCUT2D eigenvalue weighted by Gasteiger charge is -1.88. The molecular weight excluding hydrogens is 142 g/mol. The third kappa shape index (κ3) is 0.920. The minimum Gasteiger partial charge on any atom is -0.361 e. The summed E-state index contributed by atoms with van der Waals surface area (Å²) >= 11 is 0. The molecule has 0 aliphatic carbocycles. The van der Waals surface area contributed by atoms with E-state index in [1.165, 1.54) is 0 Å². The van der Waals surface area contributed by atoms with Crippen molar-refractivity contribution in [1.82, 2.24) is 15.1 Å². The van der Waals surface area contributed by atoms with Crippen molar-refractivity contribution >= 4 is 0 Å². The lowest BCUT2D eigenvalue weighted by atomic mass is 10.2. The molecule has 0 aliphatic rings. The van der Waals surface area contributed by atoms with E-state index in [0.29, 0.717) is 0 Å². The summed E-state index contributed by atoms with van der Waals surface area (Å²) in [5, 5.41) is 3.65. The number of aromatic nitrogens is 3. The molecular formula is C7H7N3O. The highest BCUT2D eigenvalue weighted by Gasteiger charge is 2.05. The molecule has 0 amide bonds. The molecule has 11 heavy (non-hydrogen) atoms. The maximum Gasteiger partial charge on any atom is 0.142 e. The molecule has 0 bridgehead atoms. The summed E-state index contributed by atoms with van der Waals surface area (Å²) in [6.07, 6.45) is 5.03. The number of H-pyrrole nitrogens is 1. The molecule has 4 heteroatoms. The first-order chi connectivity index (χ1) is 5.38. The van der Waals surface area contributed by atoms with E-state index < -0.39 is 0 Å². The van der Waals surface area contributed by atoms with E-state index >= 15 is 0 Å². The normalized spacial score (nSPS) is 10.3. The van der Waals surface area contributed by atoms with Gasteiger partial charge in [-0.15, -0.1) is 0 Å². The number of aromatic amines is 1. The molecule has 0 aliphatic heterocycles. The molecule has 2 aromatic heterocycles. The summed E-state index contributed by atoms with van der Waals surface area (Å²) in [6, 6.07) is 0. The molecule has 0 aromatic carbocycles. The predicted octanol–water partition coefficient (Wildman–Crippen LogP) is 1.37. The molecule has 2 aromatic rings. The van der Waals surface area contributed by atoms with E-state index in [0.717, 1.165) is 17.0 Å². The molecule has 4 nitrogen and oxygen atoms in total. The molecule has 0 radical (unpaired) electrons. The number of nitrogens with one attached hydrogen (secondary N) is 1. The van der Waals surface area contributed by atoms with Crippen molar-refractivity contribution in [3.05, 3.63) is 24.5 Å². The summed E-state index contributed by atoms with van der Waals surface area (Å²) in [4.78, 5) is 6.86. The molecule has 0 saturated heterocycles. The van der Waals surface area contributed by atoms with Crippen LogP contribution in [0.4, 0.5) is 0 Å². The second-order valence-corrected chi connectivity index (χ2v) is 2.26. The maximum absolute atomic E-state index is 4.89. The quantitative estimate of drug-likeness (QED) is 0.666. The minimum absolute atomic E-state index is 0.800. The molecule has 0 atom stereocenters. The van der Waals surface area contributed by atoms with Gasteiger partial charge in [-0.2, -0.15) is 0 Å². The Morgan fingerprint density at radius 1 is 1.45 bits per heavy atom. The third-order valence-corrected chi connectivity index (χ3v) is 1.54. The van der Waals surface area contributed by atoms with E-state index in [4.69, 9.17) is 4.52 Å². The highest BCUT2D eigenvalue weighted by atomic mass is 16.5. The Hall–Kier alpha value is -1.58. The van der Waals surface area contributed by atoms with Crippen LogP contribution in [0.15, 0.2) is 23.2 Å². The van der Waals surface area contributed by atoms with Crippen molar-refractivity contribution in [3.8, 4) is 11.3 Å². The van der Waals surface area contributed by atoms with Crippen LogP contribution in [0, 0.1) is 6.92 Å². The van der Waals surface area contributed by atoms with Gasteiger partial charge in [0.15, 0.2) is 0 Å². The summed E-state index contributed by atoms with van der Waals surface area (Å²) in [7, 11) is 0. The van der Waals surface area contributed by atoms with Crippen molar-refractivity contribution in [1.29, 1.82) is 0 Å². The predicted molar refractivity (Wildman–Crippen MR) is 38.8 cm³/mol. The van der Waals surface area contributed by atoms with E-state index in [1.807, 2.05) is 6.92 Å². The summed E-state index contributed by atoms with van der Waals surface area (Å²) < 4.78 is 4.89. The van der Waals surface area contributed by atoms with Crippen LogP contribution in [0.2, 0.25) is 0 Å². The van der Waals surface area contributed by atoms with E-state index in [9.17, 15) is 0 Å². The second kappa shape index (κ2) is 2.23. The molecule has 0 unspecified atom stereocenters. The maximum atomic E-state index is 4.89. The zero-order valence-corrected chi connectivity index (χ0v) is 6.03. The van der Waals surface area contributed by atoms with Crippen LogP contribution >= 0.6 is 0 Å². The monoisotopic (exact) mass is 149 g/mol. The van der Waals surface area contributed by atoms with E-state index in [2.05, 4.69) is 15.1 Å². The Kier molecular flexibility index (Phi) is 1.25. The number of hydrogen-bond acceptors (Lipinski definition) is 3. The standard InChI is InChI=1S/C7H7N3O/c1-5-6(2-10-11-5)7-3-8-4-9-7/h2-4H,1H3,(H,8,9). The van der Waals surface area contributed by atoms with Gasteiger partial charge in [0, 0.05) is 0 Å². The van der Waals surface area contributed by atoms with Gasteiger partial charge in [-0.25, -0.2) is 4.98 Å². The molecule has 56 valence electrons. The summed E-state index contributed by atoms with van der Waals surface area (Å²) in [5.74, 6) is 0.800. The molecule has 2 rings (SSSR count). The first-order valence-corrected chi connectivity index (χ1v) is 3.28. The number of aryl methyl sites for hydroxylation is 1. The van der Waals surface area contributed by atoms with Crippen LogP contribution < -0.4 is 0 Å². The number of nitrogens with zero attached hydrogens (tertiary/aromatic N) is 2. The Morgan fingerprint density at radius 3 is 2.91 bits per heavy atom. The highest BCUT2D eigenvalue weighted by Crippen LogP contribution is 2.18. The Morgan fingerprint density at radius 2 is 2.36 bits per heavy atom. The van der Waals surface area contributed by atoms with Crippen molar-refractivity contribution < 1.29 is 4.52 Å². The number of rotatable bonds is 1. The molecule has 0 spiro atoms. The molecule has 0 fully saturated rings. The van der Waals surface area contributed by atoms with E-state index in [-0.39, 0.29) is 0 Å². The van der Waals surface area contributed by atoms with Gasteiger partial charge in [0.05, 0.1) is 30.0 Å². The zero-order valence-electron chi connectivity index (χ0n) is 6.03. The second-order valence-electron chi connectivity index (χ2n) is 2.26. The van der Waals surface area contributed by atoms with Gasteiger partial charge in [-0.3, -0.25) is 0 Å². The fourth-order valence-electron chi connectivity index (χ4n) is 0.961. The van der Waals surface area contributed by atoms with Crippen LogP contribution in [0.25, 0.3) is 11.3 Å². The van der Waals surface area contributed by atoms with Gasteiger partial charge in [0.2, 0.25) is 0 Å². The first kappa shape index (κ1) is 6.15. The van der Waals surface area contributed by atoms with Crippen LogP contribution in [0.5, 0.6) is 0 Å².